The Balaban J connectivity index is 1.64. The minimum absolute atomic E-state index is 0.0184. The molecule has 0 fully saturated rings. The summed E-state index contributed by atoms with van der Waals surface area (Å²) in [4.78, 5) is 17.9. The van der Waals surface area contributed by atoms with E-state index < -0.39 is 0 Å². The summed E-state index contributed by atoms with van der Waals surface area (Å²) in [6, 6.07) is 19.2. The lowest BCUT2D eigenvalue weighted by Gasteiger charge is -2.13. The van der Waals surface area contributed by atoms with Gasteiger partial charge < -0.3 is 9.47 Å². The van der Waals surface area contributed by atoms with Gasteiger partial charge in [0, 0.05) is 10.4 Å². The van der Waals surface area contributed by atoms with Crippen molar-refractivity contribution in [2.45, 2.75) is 33.3 Å². The van der Waals surface area contributed by atoms with Gasteiger partial charge in [0.1, 0.15) is 12.4 Å². The SMILES string of the molecule is COc1cc(C=Nn2c(C(C)C)nc3ccc(Br)cc3c2=O)ccc1OCc1cccc(C)c1. The summed E-state index contributed by atoms with van der Waals surface area (Å²) in [7, 11) is 1.60. The first-order valence-corrected chi connectivity index (χ1v) is 11.8. The highest BCUT2D eigenvalue weighted by Crippen LogP contribution is 2.28. The van der Waals surface area contributed by atoms with Crippen molar-refractivity contribution in [3.63, 3.8) is 0 Å². The second-order valence-corrected chi connectivity index (χ2v) is 9.25. The standard InChI is InChI=1S/C27H26BrN3O3/c1-17(2)26-30-23-10-9-21(28)14-22(23)27(32)31(26)29-15-19-8-11-24(25(13-19)33-4)34-16-20-7-5-6-18(3)12-20/h5-15,17H,16H2,1-4H3. The Morgan fingerprint density at radius 3 is 2.65 bits per heavy atom. The van der Waals surface area contributed by atoms with Crippen LogP contribution in [0.2, 0.25) is 0 Å². The van der Waals surface area contributed by atoms with Crippen LogP contribution in [-0.4, -0.2) is 23.0 Å². The number of halogens is 1. The summed E-state index contributed by atoms with van der Waals surface area (Å²) in [6.45, 7) is 6.47. The number of aromatic nitrogens is 2. The van der Waals surface area contributed by atoms with Crippen LogP contribution in [0.4, 0.5) is 0 Å². The molecule has 0 aliphatic carbocycles. The number of nitrogens with zero attached hydrogens (tertiary/aromatic N) is 3. The molecule has 0 spiro atoms. The first-order chi connectivity index (χ1) is 16.4. The van der Waals surface area contributed by atoms with Gasteiger partial charge in [0.2, 0.25) is 0 Å². The predicted molar refractivity (Wildman–Crippen MR) is 139 cm³/mol. The molecule has 0 bridgehead atoms. The van der Waals surface area contributed by atoms with E-state index in [0.29, 0.717) is 34.8 Å². The molecule has 4 aromatic rings. The van der Waals surface area contributed by atoms with Crippen LogP contribution < -0.4 is 15.0 Å². The van der Waals surface area contributed by atoms with Gasteiger partial charge in [-0.1, -0.05) is 59.6 Å². The summed E-state index contributed by atoms with van der Waals surface area (Å²) in [5.41, 5.74) is 3.49. The van der Waals surface area contributed by atoms with Crippen molar-refractivity contribution in [1.29, 1.82) is 0 Å². The number of aryl methyl sites for hydroxylation is 1. The lowest BCUT2D eigenvalue weighted by molar-refractivity contribution is 0.284. The van der Waals surface area contributed by atoms with Crippen LogP contribution in [0.3, 0.4) is 0 Å². The lowest BCUT2D eigenvalue weighted by Crippen LogP contribution is -2.23. The molecule has 0 N–H and O–H groups in total. The Morgan fingerprint density at radius 1 is 1.09 bits per heavy atom. The summed E-state index contributed by atoms with van der Waals surface area (Å²) < 4.78 is 13.7. The molecule has 0 atom stereocenters. The maximum Gasteiger partial charge on any atom is 0.282 e. The molecule has 0 aliphatic heterocycles. The van der Waals surface area contributed by atoms with E-state index in [0.717, 1.165) is 15.6 Å². The molecule has 4 rings (SSSR count). The van der Waals surface area contributed by atoms with Gasteiger partial charge in [0.25, 0.3) is 5.56 Å². The molecule has 0 saturated carbocycles. The number of rotatable bonds is 7. The first-order valence-electron chi connectivity index (χ1n) is 11.0. The number of hydrogen-bond donors (Lipinski definition) is 0. The normalized spacial score (nSPS) is 11.5. The first kappa shape index (κ1) is 23.7. The van der Waals surface area contributed by atoms with Gasteiger partial charge in [-0.05, 0) is 54.4 Å². The summed E-state index contributed by atoms with van der Waals surface area (Å²) >= 11 is 3.43. The maximum atomic E-state index is 13.2. The van der Waals surface area contributed by atoms with Crippen molar-refractivity contribution < 1.29 is 9.47 Å². The zero-order chi connectivity index (χ0) is 24.2. The number of benzene rings is 3. The molecular formula is C27H26BrN3O3. The van der Waals surface area contributed by atoms with Gasteiger partial charge in [0.15, 0.2) is 11.5 Å². The highest BCUT2D eigenvalue weighted by atomic mass is 79.9. The lowest BCUT2D eigenvalue weighted by atomic mass is 10.1. The molecular weight excluding hydrogens is 494 g/mol. The summed E-state index contributed by atoms with van der Waals surface area (Å²) in [5.74, 6) is 1.85. The molecule has 0 unspecified atom stereocenters. The summed E-state index contributed by atoms with van der Waals surface area (Å²) in [6.07, 6.45) is 1.63. The number of fused-ring (bicyclic) bond motifs is 1. The van der Waals surface area contributed by atoms with Crippen LogP contribution >= 0.6 is 15.9 Å². The van der Waals surface area contributed by atoms with E-state index in [1.165, 1.54) is 10.2 Å². The molecule has 34 heavy (non-hydrogen) atoms. The molecule has 0 radical (unpaired) electrons. The minimum atomic E-state index is -0.212. The molecule has 0 amide bonds. The Bertz CT molecular complexity index is 1430. The highest BCUT2D eigenvalue weighted by Gasteiger charge is 2.14. The quantitative estimate of drug-likeness (QED) is 0.278. The van der Waals surface area contributed by atoms with Gasteiger partial charge in [-0.15, -0.1) is 0 Å². The maximum absolute atomic E-state index is 13.2. The molecule has 1 heterocycles. The average molecular weight is 520 g/mol. The van der Waals surface area contributed by atoms with E-state index in [2.05, 4.69) is 45.1 Å². The topological polar surface area (TPSA) is 65.7 Å². The Morgan fingerprint density at radius 2 is 1.91 bits per heavy atom. The number of ether oxygens (including phenoxy) is 2. The van der Waals surface area contributed by atoms with Crippen LogP contribution in [0.25, 0.3) is 10.9 Å². The van der Waals surface area contributed by atoms with E-state index in [4.69, 9.17) is 9.47 Å². The second kappa shape index (κ2) is 10.2. The zero-order valence-electron chi connectivity index (χ0n) is 19.6. The van der Waals surface area contributed by atoms with Crippen LogP contribution in [0.15, 0.2) is 75.0 Å². The van der Waals surface area contributed by atoms with Gasteiger partial charge in [-0.25, -0.2) is 4.98 Å². The molecule has 7 heteroatoms. The second-order valence-electron chi connectivity index (χ2n) is 8.34. The smallest absolute Gasteiger partial charge is 0.282 e. The Kier molecular flexibility index (Phi) is 7.12. The van der Waals surface area contributed by atoms with E-state index in [-0.39, 0.29) is 11.5 Å². The molecule has 6 nitrogen and oxygen atoms in total. The largest absolute Gasteiger partial charge is 0.493 e. The Labute approximate surface area is 207 Å². The van der Waals surface area contributed by atoms with Gasteiger partial charge in [-0.3, -0.25) is 4.79 Å². The minimum Gasteiger partial charge on any atom is -0.493 e. The third-order valence-electron chi connectivity index (χ3n) is 5.34. The number of methoxy groups -OCH3 is 1. The third kappa shape index (κ3) is 5.20. The van der Waals surface area contributed by atoms with Crippen LogP contribution in [0.1, 0.15) is 42.3 Å². The summed E-state index contributed by atoms with van der Waals surface area (Å²) in [5, 5.41) is 5.00. The fraction of sp³-hybridized carbons (Fsp3) is 0.222. The molecule has 0 saturated heterocycles. The highest BCUT2D eigenvalue weighted by molar-refractivity contribution is 9.10. The fourth-order valence-electron chi connectivity index (χ4n) is 3.62. The molecule has 0 aliphatic rings. The van der Waals surface area contributed by atoms with Crippen molar-refractivity contribution in [3.05, 3.63) is 98.0 Å². The van der Waals surface area contributed by atoms with Crippen LogP contribution in [0, 0.1) is 6.92 Å². The Hall–Kier alpha value is -3.45. The monoisotopic (exact) mass is 519 g/mol. The van der Waals surface area contributed by atoms with E-state index in [1.54, 1.807) is 19.4 Å². The van der Waals surface area contributed by atoms with E-state index >= 15 is 0 Å². The van der Waals surface area contributed by atoms with Gasteiger partial charge in [-0.2, -0.15) is 9.78 Å². The number of hydrogen-bond acceptors (Lipinski definition) is 5. The van der Waals surface area contributed by atoms with Gasteiger partial charge in [0.05, 0.1) is 24.2 Å². The zero-order valence-corrected chi connectivity index (χ0v) is 21.2. The molecule has 174 valence electrons. The molecule has 3 aromatic carbocycles. The van der Waals surface area contributed by atoms with Crippen LogP contribution in [-0.2, 0) is 6.61 Å². The van der Waals surface area contributed by atoms with Crippen molar-refractivity contribution in [3.8, 4) is 11.5 Å². The van der Waals surface area contributed by atoms with E-state index in [9.17, 15) is 4.79 Å². The average Bonchev–Trinajstić information content (AvgIpc) is 2.82. The molecule has 1 aromatic heterocycles. The van der Waals surface area contributed by atoms with Crippen molar-refractivity contribution in [2.24, 2.45) is 5.10 Å². The third-order valence-corrected chi connectivity index (χ3v) is 5.83. The van der Waals surface area contributed by atoms with E-state index in [1.807, 2.05) is 56.3 Å². The van der Waals surface area contributed by atoms with Gasteiger partial charge >= 0.3 is 0 Å². The fourth-order valence-corrected chi connectivity index (χ4v) is 3.98. The van der Waals surface area contributed by atoms with Crippen LogP contribution in [0.5, 0.6) is 11.5 Å². The van der Waals surface area contributed by atoms with Crippen molar-refractivity contribution >= 4 is 33.0 Å². The predicted octanol–water partition coefficient (Wildman–Crippen LogP) is 6.06. The van der Waals surface area contributed by atoms with Crippen molar-refractivity contribution in [2.75, 3.05) is 7.11 Å². The van der Waals surface area contributed by atoms with Crippen molar-refractivity contribution in [1.82, 2.24) is 9.66 Å².